The highest BCUT2D eigenvalue weighted by atomic mass is 16.6. The molecule has 0 bridgehead atoms. The first kappa shape index (κ1) is 15.0. The lowest BCUT2D eigenvalue weighted by Gasteiger charge is -2.28. The van der Waals surface area contributed by atoms with Crippen LogP contribution in [0.2, 0.25) is 0 Å². The molecule has 0 aromatic carbocycles. The number of nitrogens with zero attached hydrogens (tertiary/aromatic N) is 1. The van der Waals surface area contributed by atoms with Crippen molar-refractivity contribution in [2.45, 2.75) is 65.5 Å². The lowest BCUT2D eigenvalue weighted by molar-refractivity contribution is -0.123. The highest BCUT2D eigenvalue weighted by Gasteiger charge is 2.39. The van der Waals surface area contributed by atoms with Crippen LogP contribution in [0.4, 0.5) is 4.79 Å². The first-order valence-electron chi connectivity index (χ1n) is 6.77. The van der Waals surface area contributed by atoms with Crippen molar-refractivity contribution in [3.63, 3.8) is 0 Å². The van der Waals surface area contributed by atoms with Crippen molar-refractivity contribution in [1.82, 2.24) is 4.90 Å². The molecule has 1 aliphatic rings. The van der Waals surface area contributed by atoms with Crippen molar-refractivity contribution < 1.29 is 14.3 Å². The third kappa shape index (κ3) is 4.00. The SMILES string of the molecule is CCCC(=O)[C@@H]1C[C@H](C)CN1C(=O)OC(C)(C)C. The maximum absolute atomic E-state index is 12.1. The molecule has 1 rings (SSSR count). The molecule has 1 fully saturated rings. The van der Waals surface area contributed by atoms with E-state index in [0.717, 1.165) is 12.8 Å². The number of amides is 1. The molecule has 104 valence electrons. The largest absolute Gasteiger partial charge is 0.444 e. The zero-order valence-electron chi connectivity index (χ0n) is 12.2. The number of carbonyl (C=O) groups is 2. The summed E-state index contributed by atoms with van der Waals surface area (Å²) in [6.45, 7) is 10.2. The molecule has 1 amide bonds. The van der Waals surface area contributed by atoms with Crippen LogP contribution in [0.1, 0.15) is 53.9 Å². The fourth-order valence-corrected chi connectivity index (χ4v) is 2.29. The van der Waals surface area contributed by atoms with Gasteiger partial charge in [0.15, 0.2) is 5.78 Å². The lowest BCUT2D eigenvalue weighted by atomic mass is 10.0. The topological polar surface area (TPSA) is 46.6 Å². The van der Waals surface area contributed by atoms with Crippen LogP contribution in [0.25, 0.3) is 0 Å². The van der Waals surface area contributed by atoms with Crippen molar-refractivity contribution in [3.8, 4) is 0 Å². The highest BCUT2D eigenvalue weighted by Crippen LogP contribution is 2.26. The third-order valence-corrected chi connectivity index (χ3v) is 3.01. The minimum Gasteiger partial charge on any atom is -0.444 e. The Morgan fingerprint density at radius 3 is 2.44 bits per heavy atom. The summed E-state index contributed by atoms with van der Waals surface area (Å²) in [6, 6.07) is -0.283. The second kappa shape index (κ2) is 5.72. The van der Waals surface area contributed by atoms with Gasteiger partial charge in [-0.3, -0.25) is 9.69 Å². The zero-order valence-corrected chi connectivity index (χ0v) is 12.2. The van der Waals surface area contributed by atoms with Crippen LogP contribution >= 0.6 is 0 Å². The Morgan fingerprint density at radius 2 is 1.94 bits per heavy atom. The van der Waals surface area contributed by atoms with Gasteiger partial charge < -0.3 is 4.74 Å². The van der Waals surface area contributed by atoms with Crippen LogP contribution < -0.4 is 0 Å². The van der Waals surface area contributed by atoms with Crippen LogP contribution in [0.3, 0.4) is 0 Å². The molecule has 0 radical (unpaired) electrons. The second-order valence-corrected chi connectivity index (χ2v) is 6.21. The number of Topliss-reactive ketones (excluding diaryl/α,β-unsaturated/α-hetero) is 1. The van der Waals surface area contributed by atoms with Gasteiger partial charge in [-0.15, -0.1) is 0 Å². The number of hydrogen-bond acceptors (Lipinski definition) is 3. The quantitative estimate of drug-likeness (QED) is 0.778. The predicted octanol–water partition coefficient (Wildman–Crippen LogP) is 3.00. The molecule has 0 aromatic rings. The molecule has 1 aliphatic heterocycles. The van der Waals surface area contributed by atoms with Gasteiger partial charge >= 0.3 is 6.09 Å². The van der Waals surface area contributed by atoms with Gasteiger partial charge in [-0.1, -0.05) is 13.8 Å². The Kier molecular flexibility index (Phi) is 4.77. The van der Waals surface area contributed by atoms with E-state index in [4.69, 9.17) is 4.74 Å². The smallest absolute Gasteiger partial charge is 0.410 e. The summed E-state index contributed by atoms with van der Waals surface area (Å²) in [6.07, 6.45) is 1.77. The van der Waals surface area contributed by atoms with Crippen molar-refractivity contribution in [1.29, 1.82) is 0 Å². The van der Waals surface area contributed by atoms with Crippen LogP contribution in [0, 0.1) is 5.92 Å². The summed E-state index contributed by atoms with van der Waals surface area (Å²) in [5.41, 5.74) is -0.513. The van der Waals surface area contributed by atoms with E-state index < -0.39 is 5.60 Å². The predicted molar refractivity (Wildman–Crippen MR) is 70.4 cm³/mol. The number of carbonyl (C=O) groups excluding carboxylic acids is 2. The normalized spacial score (nSPS) is 24.2. The van der Waals surface area contributed by atoms with Gasteiger partial charge in [-0.25, -0.2) is 4.79 Å². The molecule has 0 N–H and O–H groups in total. The minimum atomic E-state index is -0.513. The Balaban J connectivity index is 2.72. The van der Waals surface area contributed by atoms with E-state index in [2.05, 4.69) is 6.92 Å². The number of ketones is 1. The average Bonchev–Trinajstić information content (AvgIpc) is 2.58. The minimum absolute atomic E-state index is 0.160. The standard InChI is InChI=1S/C14H25NO3/c1-6-7-12(16)11-8-10(2)9-15(11)13(17)18-14(3,4)5/h10-11H,6-9H2,1-5H3/t10-,11-/m0/s1. The molecule has 4 nitrogen and oxygen atoms in total. The van der Waals surface area contributed by atoms with Crippen LogP contribution in [0.5, 0.6) is 0 Å². The first-order chi connectivity index (χ1) is 8.24. The Morgan fingerprint density at radius 1 is 1.33 bits per heavy atom. The highest BCUT2D eigenvalue weighted by molar-refractivity contribution is 5.88. The maximum Gasteiger partial charge on any atom is 0.410 e. The summed E-state index contributed by atoms with van der Waals surface area (Å²) in [7, 11) is 0. The van der Waals surface area contributed by atoms with Gasteiger partial charge in [-0.05, 0) is 39.5 Å². The summed E-state index contributed by atoms with van der Waals surface area (Å²) >= 11 is 0. The van der Waals surface area contributed by atoms with E-state index in [1.807, 2.05) is 27.7 Å². The van der Waals surface area contributed by atoms with Gasteiger partial charge in [-0.2, -0.15) is 0 Å². The number of likely N-dealkylation sites (tertiary alicyclic amines) is 1. The molecular formula is C14H25NO3. The molecule has 0 aliphatic carbocycles. The summed E-state index contributed by atoms with van der Waals surface area (Å²) < 4.78 is 5.36. The fourth-order valence-electron chi connectivity index (χ4n) is 2.29. The molecular weight excluding hydrogens is 230 g/mol. The summed E-state index contributed by atoms with van der Waals surface area (Å²) in [4.78, 5) is 25.7. The van der Waals surface area contributed by atoms with Crippen molar-refractivity contribution in [2.75, 3.05) is 6.54 Å². The van der Waals surface area contributed by atoms with E-state index in [1.54, 1.807) is 4.90 Å². The van der Waals surface area contributed by atoms with Crippen LogP contribution in [-0.4, -0.2) is 35.0 Å². The Hall–Kier alpha value is -1.06. The van der Waals surface area contributed by atoms with Gasteiger partial charge in [0.2, 0.25) is 0 Å². The molecule has 2 atom stereocenters. The van der Waals surface area contributed by atoms with Crippen LogP contribution in [-0.2, 0) is 9.53 Å². The van der Waals surface area contributed by atoms with Crippen molar-refractivity contribution in [2.24, 2.45) is 5.92 Å². The Labute approximate surface area is 110 Å². The fraction of sp³-hybridized carbons (Fsp3) is 0.857. The molecule has 1 saturated heterocycles. The maximum atomic E-state index is 12.1. The number of hydrogen-bond donors (Lipinski definition) is 0. The molecule has 1 heterocycles. The van der Waals surface area contributed by atoms with Gasteiger partial charge in [0.05, 0.1) is 6.04 Å². The molecule has 0 spiro atoms. The Bertz CT molecular complexity index is 319. The van der Waals surface area contributed by atoms with E-state index in [1.165, 1.54) is 0 Å². The molecule has 0 unspecified atom stereocenters. The summed E-state index contributed by atoms with van der Waals surface area (Å²) in [5, 5.41) is 0. The molecule has 18 heavy (non-hydrogen) atoms. The van der Waals surface area contributed by atoms with Crippen molar-refractivity contribution in [3.05, 3.63) is 0 Å². The average molecular weight is 255 g/mol. The van der Waals surface area contributed by atoms with Gasteiger partial charge in [0.1, 0.15) is 5.60 Å². The first-order valence-corrected chi connectivity index (χ1v) is 6.77. The van der Waals surface area contributed by atoms with E-state index >= 15 is 0 Å². The van der Waals surface area contributed by atoms with E-state index in [0.29, 0.717) is 18.9 Å². The molecule has 0 aromatic heterocycles. The second-order valence-electron chi connectivity index (χ2n) is 6.21. The molecule has 0 saturated carbocycles. The lowest BCUT2D eigenvalue weighted by Crippen LogP contribution is -2.43. The van der Waals surface area contributed by atoms with Crippen LogP contribution in [0.15, 0.2) is 0 Å². The molecule has 4 heteroatoms. The zero-order chi connectivity index (χ0) is 13.9. The van der Waals surface area contributed by atoms with E-state index in [9.17, 15) is 9.59 Å². The number of ether oxygens (including phenoxy) is 1. The van der Waals surface area contributed by atoms with Gasteiger partial charge in [0.25, 0.3) is 0 Å². The number of rotatable bonds is 3. The van der Waals surface area contributed by atoms with Gasteiger partial charge in [0, 0.05) is 13.0 Å². The monoisotopic (exact) mass is 255 g/mol. The third-order valence-electron chi connectivity index (χ3n) is 3.01. The van der Waals surface area contributed by atoms with E-state index in [-0.39, 0.29) is 17.9 Å². The van der Waals surface area contributed by atoms with Crippen molar-refractivity contribution >= 4 is 11.9 Å². The summed E-state index contributed by atoms with van der Waals surface area (Å²) in [5.74, 6) is 0.524.